The van der Waals surface area contributed by atoms with Crippen molar-refractivity contribution in [2.24, 2.45) is 0 Å². The number of hydrogen-bond donors (Lipinski definition) is 1. The van der Waals surface area contributed by atoms with Gasteiger partial charge in [0.2, 0.25) is 6.10 Å². The number of carbonyl (C=O) groups is 1. The minimum absolute atomic E-state index is 0.141. The van der Waals surface area contributed by atoms with Gasteiger partial charge in [-0.15, -0.1) is 0 Å². The summed E-state index contributed by atoms with van der Waals surface area (Å²) in [6.45, 7) is -1.20. The SMILES string of the molecule is O=C(O)[C@H](CF)Oc1c(F)cc(Br)cc1C1CCC1. The molecule has 3 nitrogen and oxygen atoms in total. The van der Waals surface area contributed by atoms with Crippen LogP contribution in [0.4, 0.5) is 8.78 Å². The molecular formula is C13H13BrF2O3. The Balaban J connectivity index is 2.34. The first-order valence-corrected chi connectivity index (χ1v) is 6.76. The Hall–Kier alpha value is -1.17. The summed E-state index contributed by atoms with van der Waals surface area (Å²) in [5.41, 5.74) is 0.609. The van der Waals surface area contributed by atoms with Crippen molar-refractivity contribution in [1.82, 2.24) is 0 Å². The first kappa shape index (κ1) is 14.2. The number of aliphatic carboxylic acids is 1. The molecule has 1 aromatic carbocycles. The zero-order valence-corrected chi connectivity index (χ0v) is 11.6. The largest absolute Gasteiger partial charge is 0.478 e. The number of alkyl halides is 1. The molecule has 0 heterocycles. The molecule has 1 aromatic rings. The first-order chi connectivity index (χ1) is 9.02. The summed E-state index contributed by atoms with van der Waals surface area (Å²) < 4.78 is 32.1. The fourth-order valence-corrected chi connectivity index (χ4v) is 2.46. The van der Waals surface area contributed by atoms with Crippen molar-refractivity contribution in [2.45, 2.75) is 31.3 Å². The molecule has 0 radical (unpaired) electrons. The molecule has 19 heavy (non-hydrogen) atoms. The monoisotopic (exact) mass is 334 g/mol. The zero-order chi connectivity index (χ0) is 14.0. The molecule has 0 saturated heterocycles. The van der Waals surface area contributed by atoms with Gasteiger partial charge in [-0.05, 0) is 30.9 Å². The molecule has 0 aliphatic heterocycles. The molecular weight excluding hydrogens is 322 g/mol. The molecule has 0 spiro atoms. The van der Waals surface area contributed by atoms with Crippen molar-refractivity contribution in [3.63, 3.8) is 0 Å². The molecule has 1 aliphatic rings. The second-order valence-corrected chi connectivity index (χ2v) is 5.45. The van der Waals surface area contributed by atoms with Crippen LogP contribution in [0.1, 0.15) is 30.7 Å². The molecule has 2 rings (SSSR count). The van der Waals surface area contributed by atoms with Gasteiger partial charge in [-0.3, -0.25) is 0 Å². The van der Waals surface area contributed by atoms with Gasteiger partial charge in [0.1, 0.15) is 6.67 Å². The van der Waals surface area contributed by atoms with Gasteiger partial charge in [0.25, 0.3) is 0 Å². The standard InChI is InChI=1S/C13H13BrF2O3/c14-8-4-9(7-2-1-3-7)12(10(16)5-8)19-11(6-15)13(17)18/h4-5,7,11H,1-3,6H2,(H,17,18)/t11-/m0/s1. The van der Waals surface area contributed by atoms with Gasteiger partial charge in [0.05, 0.1) is 0 Å². The van der Waals surface area contributed by atoms with Crippen molar-refractivity contribution in [2.75, 3.05) is 6.67 Å². The molecule has 0 bridgehead atoms. The van der Waals surface area contributed by atoms with E-state index in [1.807, 2.05) is 0 Å². The summed E-state index contributed by atoms with van der Waals surface area (Å²) in [4.78, 5) is 10.8. The van der Waals surface area contributed by atoms with E-state index < -0.39 is 24.6 Å². The molecule has 0 amide bonds. The Morgan fingerprint density at radius 3 is 2.68 bits per heavy atom. The molecule has 1 saturated carbocycles. The van der Waals surface area contributed by atoms with Gasteiger partial charge in [-0.25, -0.2) is 13.6 Å². The quantitative estimate of drug-likeness (QED) is 0.893. The van der Waals surface area contributed by atoms with Crippen LogP contribution in [0, 0.1) is 5.82 Å². The van der Waals surface area contributed by atoms with Crippen molar-refractivity contribution in [3.05, 3.63) is 28.0 Å². The smallest absolute Gasteiger partial charge is 0.347 e. The lowest BCUT2D eigenvalue weighted by molar-refractivity contribution is -0.145. The van der Waals surface area contributed by atoms with E-state index >= 15 is 0 Å². The Morgan fingerprint density at radius 1 is 1.53 bits per heavy atom. The van der Waals surface area contributed by atoms with Gasteiger partial charge in [0, 0.05) is 10.0 Å². The average molecular weight is 335 g/mol. The van der Waals surface area contributed by atoms with E-state index in [4.69, 9.17) is 9.84 Å². The fourth-order valence-electron chi connectivity index (χ4n) is 2.02. The van der Waals surface area contributed by atoms with Crippen LogP contribution in [0.2, 0.25) is 0 Å². The Labute approximate surface area is 117 Å². The maximum absolute atomic E-state index is 13.9. The lowest BCUT2D eigenvalue weighted by atomic mass is 9.79. The predicted molar refractivity (Wildman–Crippen MR) is 68.7 cm³/mol. The minimum atomic E-state index is -1.67. The predicted octanol–water partition coefficient (Wildman–Crippen LogP) is 3.66. The van der Waals surface area contributed by atoms with E-state index in [1.54, 1.807) is 6.07 Å². The molecule has 0 unspecified atom stereocenters. The number of carboxylic acids is 1. The van der Waals surface area contributed by atoms with Gasteiger partial charge in [-0.1, -0.05) is 22.4 Å². The van der Waals surface area contributed by atoms with E-state index in [1.165, 1.54) is 6.07 Å². The highest BCUT2D eigenvalue weighted by molar-refractivity contribution is 9.10. The summed E-state index contributed by atoms with van der Waals surface area (Å²) in [5, 5.41) is 8.78. The molecule has 1 fully saturated rings. The number of hydrogen-bond acceptors (Lipinski definition) is 2. The molecule has 1 atom stereocenters. The maximum atomic E-state index is 13.9. The second kappa shape index (κ2) is 5.86. The highest BCUT2D eigenvalue weighted by Crippen LogP contribution is 2.43. The van der Waals surface area contributed by atoms with Gasteiger partial charge >= 0.3 is 5.97 Å². The third kappa shape index (κ3) is 3.05. The van der Waals surface area contributed by atoms with Crippen LogP contribution in [0.15, 0.2) is 16.6 Å². The lowest BCUT2D eigenvalue weighted by Gasteiger charge is -2.28. The topological polar surface area (TPSA) is 46.5 Å². The minimum Gasteiger partial charge on any atom is -0.478 e. The summed E-state index contributed by atoms with van der Waals surface area (Å²) in [6.07, 6.45) is 1.18. The lowest BCUT2D eigenvalue weighted by Crippen LogP contribution is -2.30. The fraction of sp³-hybridized carbons (Fsp3) is 0.462. The number of halogens is 3. The normalized spacial score (nSPS) is 16.8. The van der Waals surface area contributed by atoms with Crippen molar-refractivity contribution in [1.29, 1.82) is 0 Å². The Bertz CT molecular complexity index is 489. The molecule has 1 N–H and O–H groups in total. The van der Waals surface area contributed by atoms with Gasteiger partial charge in [-0.2, -0.15) is 0 Å². The van der Waals surface area contributed by atoms with Crippen LogP contribution in [-0.2, 0) is 4.79 Å². The molecule has 6 heteroatoms. The molecule has 104 valence electrons. The van der Waals surface area contributed by atoms with E-state index in [9.17, 15) is 13.6 Å². The third-order valence-electron chi connectivity index (χ3n) is 3.26. The third-order valence-corrected chi connectivity index (χ3v) is 3.72. The second-order valence-electron chi connectivity index (χ2n) is 4.53. The van der Waals surface area contributed by atoms with Crippen LogP contribution in [-0.4, -0.2) is 23.9 Å². The summed E-state index contributed by atoms with van der Waals surface area (Å²) >= 11 is 3.20. The average Bonchev–Trinajstić information content (AvgIpc) is 2.25. The Morgan fingerprint density at radius 2 is 2.21 bits per heavy atom. The number of ether oxygens (including phenoxy) is 1. The van der Waals surface area contributed by atoms with Crippen molar-refractivity contribution >= 4 is 21.9 Å². The highest BCUT2D eigenvalue weighted by Gasteiger charge is 2.28. The van der Waals surface area contributed by atoms with Gasteiger partial charge in [0.15, 0.2) is 11.6 Å². The van der Waals surface area contributed by atoms with Crippen LogP contribution >= 0.6 is 15.9 Å². The summed E-state index contributed by atoms with van der Waals surface area (Å²) in [5.74, 6) is -2.10. The van der Waals surface area contributed by atoms with Crippen LogP contribution in [0.25, 0.3) is 0 Å². The van der Waals surface area contributed by atoms with Gasteiger partial charge < -0.3 is 9.84 Å². The molecule has 0 aromatic heterocycles. The van der Waals surface area contributed by atoms with Crippen LogP contribution < -0.4 is 4.74 Å². The van der Waals surface area contributed by atoms with E-state index in [2.05, 4.69) is 15.9 Å². The maximum Gasteiger partial charge on any atom is 0.347 e. The van der Waals surface area contributed by atoms with Crippen LogP contribution in [0.5, 0.6) is 5.75 Å². The first-order valence-electron chi connectivity index (χ1n) is 5.97. The Kier molecular flexibility index (Phi) is 4.39. The summed E-state index contributed by atoms with van der Waals surface area (Å²) in [7, 11) is 0. The van der Waals surface area contributed by atoms with Crippen molar-refractivity contribution in [3.8, 4) is 5.75 Å². The van der Waals surface area contributed by atoms with E-state index in [0.29, 0.717) is 10.0 Å². The summed E-state index contributed by atoms with van der Waals surface area (Å²) in [6, 6.07) is 2.90. The van der Waals surface area contributed by atoms with E-state index in [0.717, 1.165) is 19.3 Å². The van der Waals surface area contributed by atoms with E-state index in [-0.39, 0.29) is 11.7 Å². The number of rotatable bonds is 5. The van der Waals surface area contributed by atoms with Crippen molar-refractivity contribution < 1.29 is 23.4 Å². The van der Waals surface area contributed by atoms with Crippen LogP contribution in [0.3, 0.4) is 0 Å². The number of carboxylic acid groups (broad SMARTS) is 1. The number of benzene rings is 1. The highest BCUT2D eigenvalue weighted by atomic mass is 79.9. The molecule has 1 aliphatic carbocycles. The zero-order valence-electron chi connectivity index (χ0n) is 10.0.